The summed E-state index contributed by atoms with van der Waals surface area (Å²) in [5.74, 6) is 1.70. The van der Waals surface area contributed by atoms with Crippen LogP contribution in [0.1, 0.15) is 22.7 Å². The van der Waals surface area contributed by atoms with Crippen molar-refractivity contribution in [3.05, 3.63) is 58.1 Å². The van der Waals surface area contributed by atoms with Crippen LogP contribution in [0.25, 0.3) is 0 Å². The van der Waals surface area contributed by atoms with Crippen molar-refractivity contribution in [3.8, 4) is 11.5 Å². The summed E-state index contributed by atoms with van der Waals surface area (Å²) in [6, 6.07) is 11.3. The van der Waals surface area contributed by atoms with Crippen LogP contribution in [0.5, 0.6) is 11.5 Å². The average molecular weight is 290 g/mol. The first-order valence-electron chi connectivity index (χ1n) is 6.53. The summed E-state index contributed by atoms with van der Waals surface area (Å²) in [5.41, 5.74) is 9.45. The molecular weight excluding hydrogens is 274 g/mol. The van der Waals surface area contributed by atoms with Gasteiger partial charge >= 0.3 is 0 Å². The summed E-state index contributed by atoms with van der Waals surface area (Å²) >= 11 is 6.18. The van der Waals surface area contributed by atoms with Gasteiger partial charge in [-0.25, -0.2) is 0 Å². The normalized spacial score (nSPS) is 14.6. The Balaban J connectivity index is 1.99. The topological polar surface area (TPSA) is 44.5 Å². The highest BCUT2D eigenvalue weighted by molar-refractivity contribution is 6.30. The van der Waals surface area contributed by atoms with E-state index in [4.69, 9.17) is 26.8 Å². The standard InChI is InChI=1S/C16H16ClNO2/c1-19-13-4-2-10(3-5-13)15(18)14-9-12(17)8-11-6-7-20-16(11)14/h2-5,8-9,15H,6-7,18H2,1H3. The molecule has 0 radical (unpaired) electrons. The number of hydrogen-bond donors (Lipinski definition) is 1. The van der Waals surface area contributed by atoms with E-state index in [1.54, 1.807) is 7.11 Å². The average Bonchev–Trinajstić information content (AvgIpc) is 2.94. The van der Waals surface area contributed by atoms with Gasteiger partial charge in [0.2, 0.25) is 0 Å². The third-order valence-electron chi connectivity index (χ3n) is 3.59. The Morgan fingerprint density at radius 2 is 2.00 bits per heavy atom. The summed E-state index contributed by atoms with van der Waals surface area (Å²) < 4.78 is 10.9. The van der Waals surface area contributed by atoms with E-state index in [1.807, 2.05) is 36.4 Å². The first-order chi connectivity index (χ1) is 9.69. The quantitative estimate of drug-likeness (QED) is 0.942. The second-order valence-electron chi connectivity index (χ2n) is 4.83. The van der Waals surface area contributed by atoms with E-state index < -0.39 is 0 Å². The van der Waals surface area contributed by atoms with Crippen LogP contribution in [-0.2, 0) is 6.42 Å². The van der Waals surface area contributed by atoms with Gasteiger partial charge in [-0.2, -0.15) is 0 Å². The van der Waals surface area contributed by atoms with Gasteiger partial charge in [0.15, 0.2) is 0 Å². The molecule has 20 heavy (non-hydrogen) atoms. The minimum absolute atomic E-state index is 0.258. The van der Waals surface area contributed by atoms with Crippen molar-refractivity contribution >= 4 is 11.6 Å². The van der Waals surface area contributed by atoms with Crippen molar-refractivity contribution < 1.29 is 9.47 Å². The number of hydrogen-bond acceptors (Lipinski definition) is 3. The highest BCUT2D eigenvalue weighted by Gasteiger charge is 2.22. The second kappa shape index (κ2) is 5.35. The SMILES string of the molecule is COc1ccc(C(N)c2cc(Cl)cc3c2OCC3)cc1. The predicted octanol–water partition coefficient (Wildman–Crippen LogP) is 3.33. The van der Waals surface area contributed by atoms with Crippen LogP contribution in [0.4, 0.5) is 0 Å². The Labute approximate surface area is 123 Å². The third kappa shape index (κ3) is 2.35. The Morgan fingerprint density at radius 1 is 1.25 bits per heavy atom. The molecule has 0 spiro atoms. The maximum atomic E-state index is 6.37. The van der Waals surface area contributed by atoms with Gasteiger partial charge in [0.25, 0.3) is 0 Å². The fraction of sp³-hybridized carbons (Fsp3) is 0.250. The zero-order valence-corrected chi connectivity index (χ0v) is 12.0. The van der Waals surface area contributed by atoms with E-state index in [-0.39, 0.29) is 6.04 Å². The molecule has 3 rings (SSSR count). The van der Waals surface area contributed by atoms with E-state index in [0.717, 1.165) is 34.6 Å². The molecule has 3 nitrogen and oxygen atoms in total. The fourth-order valence-electron chi connectivity index (χ4n) is 2.52. The lowest BCUT2D eigenvalue weighted by Gasteiger charge is -2.17. The summed E-state index contributed by atoms with van der Waals surface area (Å²) in [6.45, 7) is 0.692. The maximum Gasteiger partial charge on any atom is 0.127 e. The molecule has 0 amide bonds. The number of methoxy groups -OCH3 is 1. The Bertz CT molecular complexity index is 625. The van der Waals surface area contributed by atoms with Gasteiger partial charge in [0.1, 0.15) is 11.5 Å². The molecular formula is C16H16ClNO2. The van der Waals surface area contributed by atoms with Crippen molar-refractivity contribution in [2.45, 2.75) is 12.5 Å². The monoisotopic (exact) mass is 289 g/mol. The predicted molar refractivity (Wildman–Crippen MR) is 79.7 cm³/mol. The van der Waals surface area contributed by atoms with Crippen molar-refractivity contribution in [1.82, 2.24) is 0 Å². The smallest absolute Gasteiger partial charge is 0.127 e. The zero-order valence-electron chi connectivity index (χ0n) is 11.2. The Morgan fingerprint density at radius 3 is 2.70 bits per heavy atom. The van der Waals surface area contributed by atoms with Gasteiger partial charge < -0.3 is 15.2 Å². The molecule has 2 aromatic carbocycles. The molecule has 1 aliphatic heterocycles. The van der Waals surface area contributed by atoms with Crippen LogP contribution in [0.15, 0.2) is 36.4 Å². The molecule has 1 heterocycles. The van der Waals surface area contributed by atoms with Crippen molar-refractivity contribution in [3.63, 3.8) is 0 Å². The second-order valence-corrected chi connectivity index (χ2v) is 5.27. The number of rotatable bonds is 3. The molecule has 1 atom stereocenters. The van der Waals surface area contributed by atoms with Crippen LogP contribution in [0.3, 0.4) is 0 Å². The van der Waals surface area contributed by atoms with Gasteiger partial charge in [-0.05, 0) is 35.4 Å². The van der Waals surface area contributed by atoms with Crippen molar-refractivity contribution in [2.75, 3.05) is 13.7 Å². The third-order valence-corrected chi connectivity index (χ3v) is 3.81. The summed E-state index contributed by atoms with van der Waals surface area (Å²) in [4.78, 5) is 0. The number of nitrogens with two attached hydrogens (primary N) is 1. The molecule has 0 fully saturated rings. The molecule has 2 aromatic rings. The summed E-state index contributed by atoms with van der Waals surface area (Å²) in [5, 5.41) is 0.702. The fourth-order valence-corrected chi connectivity index (χ4v) is 2.77. The van der Waals surface area contributed by atoms with Crippen LogP contribution in [-0.4, -0.2) is 13.7 Å². The molecule has 1 aliphatic rings. The summed E-state index contributed by atoms with van der Waals surface area (Å²) in [7, 11) is 1.65. The number of halogens is 1. The lowest BCUT2D eigenvalue weighted by molar-refractivity contribution is 0.352. The number of benzene rings is 2. The van der Waals surface area contributed by atoms with Gasteiger partial charge in [0, 0.05) is 17.0 Å². The van der Waals surface area contributed by atoms with E-state index in [1.165, 1.54) is 0 Å². The lowest BCUT2D eigenvalue weighted by Crippen LogP contribution is -2.13. The molecule has 0 aromatic heterocycles. The van der Waals surface area contributed by atoms with E-state index in [9.17, 15) is 0 Å². The van der Waals surface area contributed by atoms with Crippen LogP contribution in [0, 0.1) is 0 Å². The van der Waals surface area contributed by atoms with Gasteiger partial charge in [0.05, 0.1) is 19.8 Å². The van der Waals surface area contributed by atoms with Gasteiger partial charge in [-0.3, -0.25) is 0 Å². The van der Waals surface area contributed by atoms with E-state index >= 15 is 0 Å². The Kier molecular flexibility index (Phi) is 3.55. The van der Waals surface area contributed by atoms with Crippen molar-refractivity contribution in [1.29, 1.82) is 0 Å². The highest BCUT2D eigenvalue weighted by atomic mass is 35.5. The van der Waals surface area contributed by atoms with Crippen LogP contribution < -0.4 is 15.2 Å². The Hall–Kier alpha value is -1.71. The molecule has 1 unspecified atom stereocenters. The maximum absolute atomic E-state index is 6.37. The van der Waals surface area contributed by atoms with E-state index in [2.05, 4.69) is 0 Å². The zero-order chi connectivity index (χ0) is 14.1. The molecule has 4 heteroatoms. The number of ether oxygens (including phenoxy) is 2. The van der Waals surface area contributed by atoms with Crippen molar-refractivity contribution in [2.24, 2.45) is 5.73 Å². The van der Waals surface area contributed by atoms with Crippen LogP contribution >= 0.6 is 11.6 Å². The summed E-state index contributed by atoms with van der Waals surface area (Å²) in [6.07, 6.45) is 0.887. The van der Waals surface area contributed by atoms with E-state index in [0.29, 0.717) is 11.6 Å². The molecule has 0 aliphatic carbocycles. The minimum Gasteiger partial charge on any atom is -0.497 e. The molecule has 0 saturated heterocycles. The number of fused-ring (bicyclic) bond motifs is 1. The van der Waals surface area contributed by atoms with Gasteiger partial charge in [-0.1, -0.05) is 23.7 Å². The van der Waals surface area contributed by atoms with Crippen LogP contribution in [0.2, 0.25) is 5.02 Å². The molecule has 0 bridgehead atoms. The highest BCUT2D eigenvalue weighted by Crippen LogP contribution is 2.37. The molecule has 0 saturated carbocycles. The lowest BCUT2D eigenvalue weighted by atomic mass is 9.96. The molecule has 2 N–H and O–H groups in total. The first kappa shape index (κ1) is 13.3. The largest absolute Gasteiger partial charge is 0.497 e. The first-order valence-corrected chi connectivity index (χ1v) is 6.91. The minimum atomic E-state index is -0.258. The molecule has 104 valence electrons. The van der Waals surface area contributed by atoms with Gasteiger partial charge in [-0.15, -0.1) is 0 Å².